The average Bonchev–Trinajstić information content (AvgIpc) is 2.77. The molecule has 156 valence electrons. The molecule has 1 N–H and O–H groups in total. The van der Waals surface area contributed by atoms with Crippen molar-refractivity contribution in [2.24, 2.45) is 5.92 Å². The highest BCUT2D eigenvalue weighted by atomic mass is 19.1. The predicted octanol–water partition coefficient (Wildman–Crippen LogP) is 3.50. The highest BCUT2D eigenvalue weighted by molar-refractivity contribution is 5.61. The van der Waals surface area contributed by atoms with Crippen LogP contribution in [0.4, 0.5) is 4.39 Å². The molecule has 30 heavy (non-hydrogen) atoms. The highest BCUT2D eigenvalue weighted by Gasteiger charge is 2.23. The number of β-amino-alcohol motifs (C(OH)–C–C–N with tert-alkyl or cyclic N) is 1. The SMILES string of the molecule is O=c1c(-c2ccccc2)ccnn1CC1CCN(CC(O)c2ccc(F)cc2)CC1. The van der Waals surface area contributed by atoms with Crippen LogP contribution in [-0.2, 0) is 6.54 Å². The van der Waals surface area contributed by atoms with E-state index in [0.29, 0.717) is 24.6 Å². The maximum absolute atomic E-state index is 13.1. The van der Waals surface area contributed by atoms with E-state index in [9.17, 15) is 14.3 Å². The van der Waals surface area contributed by atoms with Gasteiger partial charge in [0.05, 0.1) is 11.7 Å². The summed E-state index contributed by atoms with van der Waals surface area (Å²) in [6.45, 7) is 2.85. The van der Waals surface area contributed by atoms with Gasteiger partial charge >= 0.3 is 0 Å². The van der Waals surface area contributed by atoms with Gasteiger partial charge in [-0.1, -0.05) is 42.5 Å². The van der Waals surface area contributed by atoms with Crippen LogP contribution in [0.2, 0.25) is 0 Å². The lowest BCUT2D eigenvalue weighted by Crippen LogP contribution is -2.39. The van der Waals surface area contributed by atoms with Crippen LogP contribution in [0.15, 0.2) is 71.7 Å². The molecule has 5 nitrogen and oxygen atoms in total. The van der Waals surface area contributed by atoms with E-state index in [2.05, 4.69) is 10.00 Å². The van der Waals surface area contributed by atoms with Crippen molar-refractivity contribution in [1.82, 2.24) is 14.7 Å². The first-order valence-electron chi connectivity index (χ1n) is 10.4. The molecule has 0 radical (unpaired) electrons. The van der Waals surface area contributed by atoms with Crippen LogP contribution >= 0.6 is 0 Å². The predicted molar refractivity (Wildman–Crippen MR) is 114 cm³/mol. The first kappa shape index (κ1) is 20.4. The van der Waals surface area contributed by atoms with Crippen molar-refractivity contribution in [1.29, 1.82) is 0 Å². The normalized spacial score (nSPS) is 16.5. The van der Waals surface area contributed by atoms with Crippen LogP contribution in [0.5, 0.6) is 0 Å². The summed E-state index contributed by atoms with van der Waals surface area (Å²) < 4.78 is 14.6. The number of aliphatic hydroxyl groups excluding tert-OH is 1. The Kier molecular flexibility index (Phi) is 6.35. The number of rotatable bonds is 6. The molecule has 3 aromatic rings. The van der Waals surface area contributed by atoms with E-state index < -0.39 is 6.10 Å². The molecular formula is C24H26FN3O2. The van der Waals surface area contributed by atoms with E-state index in [1.54, 1.807) is 29.1 Å². The van der Waals surface area contributed by atoms with E-state index in [-0.39, 0.29) is 11.4 Å². The van der Waals surface area contributed by atoms with Crippen LogP contribution in [0.1, 0.15) is 24.5 Å². The third kappa shape index (κ3) is 4.83. The molecule has 1 aliphatic heterocycles. The summed E-state index contributed by atoms with van der Waals surface area (Å²) in [5.74, 6) is 0.0763. The van der Waals surface area contributed by atoms with Crippen molar-refractivity contribution in [3.05, 3.63) is 88.6 Å². The summed E-state index contributed by atoms with van der Waals surface area (Å²) in [6.07, 6.45) is 2.95. The van der Waals surface area contributed by atoms with Gasteiger partial charge in [-0.2, -0.15) is 5.10 Å². The standard InChI is InChI=1S/C24H26FN3O2/c25-21-8-6-20(7-9-21)23(29)17-27-14-11-18(12-15-27)16-28-24(30)22(10-13-26-28)19-4-2-1-3-5-19/h1-10,13,18,23,29H,11-12,14-17H2. The fraction of sp³-hybridized carbons (Fsp3) is 0.333. The van der Waals surface area contributed by atoms with Crippen molar-refractivity contribution in [3.8, 4) is 11.1 Å². The zero-order valence-corrected chi connectivity index (χ0v) is 16.8. The van der Waals surface area contributed by atoms with Gasteiger partial charge in [0.1, 0.15) is 5.82 Å². The number of halogens is 1. The molecule has 1 unspecified atom stereocenters. The second kappa shape index (κ2) is 9.32. The number of likely N-dealkylation sites (tertiary alicyclic amines) is 1. The second-order valence-electron chi connectivity index (χ2n) is 7.91. The monoisotopic (exact) mass is 407 g/mol. The summed E-state index contributed by atoms with van der Waals surface area (Å²) in [7, 11) is 0. The first-order chi connectivity index (χ1) is 14.6. The molecule has 6 heteroatoms. The zero-order chi connectivity index (χ0) is 20.9. The third-order valence-corrected chi connectivity index (χ3v) is 5.82. The molecule has 1 atom stereocenters. The molecule has 0 spiro atoms. The average molecular weight is 407 g/mol. The van der Waals surface area contributed by atoms with Gasteiger partial charge in [-0.3, -0.25) is 4.79 Å². The van der Waals surface area contributed by atoms with Crippen LogP contribution in [0.3, 0.4) is 0 Å². The molecule has 1 aliphatic rings. The van der Waals surface area contributed by atoms with E-state index in [1.807, 2.05) is 30.3 Å². The van der Waals surface area contributed by atoms with Crippen LogP contribution < -0.4 is 5.56 Å². The van der Waals surface area contributed by atoms with Gasteiger partial charge in [-0.15, -0.1) is 0 Å². The van der Waals surface area contributed by atoms with Crippen LogP contribution in [0, 0.1) is 11.7 Å². The number of aromatic nitrogens is 2. The van der Waals surface area contributed by atoms with E-state index in [4.69, 9.17) is 0 Å². The molecule has 0 aliphatic carbocycles. The number of hydrogen-bond donors (Lipinski definition) is 1. The van der Waals surface area contributed by atoms with E-state index >= 15 is 0 Å². The molecular weight excluding hydrogens is 381 g/mol. The minimum atomic E-state index is -0.631. The molecule has 2 heterocycles. The molecule has 0 amide bonds. The van der Waals surface area contributed by atoms with Crippen molar-refractivity contribution >= 4 is 0 Å². The molecule has 0 bridgehead atoms. The Morgan fingerprint density at radius 2 is 1.73 bits per heavy atom. The number of hydrogen-bond acceptors (Lipinski definition) is 4. The maximum Gasteiger partial charge on any atom is 0.274 e. The quantitative estimate of drug-likeness (QED) is 0.680. The molecule has 4 rings (SSSR count). The largest absolute Gasteiger partial charge is 0.387 e. The van der Waals surface area contributed by atoms with E-state index in [1.165, 1.54) is 12.1 Å². The van der Waals surface area contributed by atoms with Gasteiger partial charge < -0.3 is 10.0 Å². The van der Waals surface area contributed by atoms with E-state index in [0.717, 1.165) is 37.1 Å². The summed E-state index contributed by atoms with van der Waals surface area (Å²) in [4.78, 5) is 15.1. The fourth-order valence-corrected chi connectivity index (χ4v) is 4.05. The van der Waals surface area contributed by atoms with Gasteiger partial charge in [-0.05, 0) is 61.2 Å². The van der Waals surface area contributed by atoms with Crippen molar-refractivity contribution in [3.63, 3.8) is 0 Å². The summed E-state index contributed by atoms with van der Waals surface area (Å²) in [5.41, 5.74) is 2.25. The minimum Gasteiger partial charge on any atom is -0.387 e. The molecule has 0 saturated carbocycles. The lowest BCUT2D eigenvalue weighted by molar-refractivity contribution is 0.0857. The smallest absolute Gasteiger partial charge is 0.274 e. The molecule has 1 aromatic heterocycles. The number of aliphatic hydroxyl groups is 1. The topological polar surface area (TPSA) is 58.4 Å². The molecule has 2 aromatic carbocycles. The summed E-state index contributed by atoms with van der Waals surface area (Å²) in [6, 6.07) is 17.4. The first-order valence-corrected chi connectivity index (χ1v) is 10.4. The van der Waals surface area contributed by atoms with Crippen LogP contribution in [0.25, 0.3) is 11.1 Å². The Bertz CT molecular complexity index is 1010. The Morgan fingerprint density at radius 3 is 2.43 bits per heavy atom. The highest BCUT2D eigenvalue weighted by Crippen LogP contribution is 2.22. The van der Waals surface area contributed by atoms with Gasteiger partial charge in [0.25, 0.3) is 5.56 Å². The Hall–Kier alpha value is -2.83. The lowest BCUT2D eigenvalue weighted by atomic mass is 9.96. The number of nitrogens with zero attached hydrogens (tertiary/aromatic N) is 3. The minimum absolute atomic E-state index is 0.0575. The fourth-order valence-electron chi connectivity index (χ4n) is 4.05. The van der Waals surface area contributed by atoms with Gasteiger partial charge in [0, 0.05) is 19.3 Å². The zero-order valence-electron chi connectivity index (χ0n) is 16.8. The molecule has 1 fully saturated rings. The van der Waals surface area contributed by atoms with Crippen LogP contribution in [-0.4, -0.2) is 39.4 Å². The van der Waals surface area contributed by atoms with Crippen molar-refractivity contribution in [2.75, 3.05) is 19.6 Å². The van der Waals surface area contributed by atoms with Gasteiger partial charge in [-0.25, -0.2) is 9.07 Å². The lowest BCUT2D eigenvalue weighted by Gasteiger charge is -2.33. The Balaban J connectivity index is 1.34. The van der Waals surface area contributed by atoms with Crippen molar-refractivity contribution in [2.45, 2.75) is 25.5 Å². The van der Waals surface area contributed by atoms with Gasteiger partial charge in [0.15, 0.2) is 0 Å². The van der Waals surface area contributed by atoms with Gasteiger partial charge in [0.2, 0.25) is 0 Å². The summed E-state index contributed by atoms with van der Waals surface area (Å²) in [5, 5.41) is 14.7. The van der Waals surface area contributed by atoms with Crippen molar-refractivity contribution < 1.29 is 9.50 Å². The number of benzene rings is 2. The third-order valence-electron chi connectivity index (χ3n) is 5.82. The maximum atomic E-state index is 13.1. The Morgan fingerprint density at radius 1 is 1.03 bits per heavy atom. The number of piperidine rings is 1. The Labute approximate surface area is 175 Å². The summed E-state index contributed by atoms with van der Waals surface area (Å²) >= 11 is 0. The molecule has 1 saturated heterocycles. The second-order valence-corrected chi connectivity index (χ2v) is 7.91.